The molecule has 7 heteroatoms. The molecule has 5 rings (SSSR count). The van der Waals surface area contributed by atoms with Crippen LogP contribution in [0.2, 0.25) is 0 Å². The Bertz CT molecular complexity index is 1610. The number of benzene rings is 3. The van der Waals surface area contributed by atoms with E-state index < -0.39 is 10.0 Å². The molecule has 1 aliphatic rings. The standard InChI is InChI=1S/C33H38N2O3S2/c1-23(2)21-34(40(37,38)30-12-8-10-24-9-6-7-11-27(24)30)22-31(36)35-19-17-29-28(18-20-39-29)32(35)25-13-15-26(16-14-25)33(3,4)5/h6-16,18,20,23,32H,17,19,21-22H2,1-5H3/t32-/m0/s1. The molecule has 1 atom stereocenters. The molecule has 3 aromatic carbocycles. The van der Waals surface area contributed by atoms with Crippen LogP contribution in [0.15, 0.2) is 83.1 Å². The quantitative estimate of drug-likeness (QED) is 0.238. The summed E-state index contributed by atoms with van der Waals surface area (Å²) < 4.78 is 29.6. The first kappa shape index (κ1) is 28.5. The van der Waals surface area contributed by atoms with Crippen LogP contribution in [0.4, 0.5) is 0 Å². The van der Waals surface area contributed by atoms with E-state index in [9.17, 15) is 13.2 Å². The molecule has 0 spiro atoms. The number of carbonyl (C=O) groups is 1. The van der Waals surface area contributed by atoms with Crippen LogP contribution >= 0.6 is 11.3 Å². The largest absolute Gasteiger partial charge is 0.330 e. The van der Waals surface area contributed by atoms with E-state index in [-0.39, 0.29) is 41.3 Å². The molecule has 0 radical (unpaired) electrons. The zero-order valence-electron chi connectivity index (χ0n) is 23.9. The SMILES string of the molecule is CC(C)CN(CC(=O)N1CCc2sccc2[C@@H]1c1ccc(C(C)(C)C)cc1)S(=O)(=O)c1cccc2ccccc12. The molecule has 5 nitrogen and oxygen atoms in total. The number of hydrogen-bond acceptors (Lipinski definition) is 4. The molecule has 0 bridgehead atoms. The lowest BCUT2D eigenvalue weighted by Gasteiger charge is -2.38. The molecule has 210 valence electrons. The summed E-state index contributed by atoms with van der Waals surface area (Å²) in [6.45, 7) is 11.2. The Morgan fingerprint density at radius 3 is 2.40 bits per heavy atom. The van der Waals surface area contributed by atoms with Crippen LogP contribution in [0.1, 0.15) is 62.2 Å². The predicted molar refractivity (Wildman–Crippen MR) is 164 cm³/mol. The molecule has 0 fully saturated rings. The summed E-state index contributed by atoms with van der Waals surface area (Å²) in [7, 11) is -3.92. The fourth-order valence-corrected chi connectivity index (χ4v) is 8.24. The summed E-state index contributed by atoms with van der Waals surface area (Å²) in [6, 6.07) is 23.2. The van der Waals surface area contributed by atoms with Crippen molar-refractivity contribution in [1.82, 2.24) is 9.21 Å². The number of fused-ring (bicyclic) bond motifs is 2. The van der Waals surface area contributed by atoms with Crippen LogP contribution in [0.25, 0.3) is 10.8 Å². The van der Waals surface area contributed by atoms with Crippen LogP contribution in [-0.2, 0) is 26.7 Å². The van der Waals surface area contributed by atoms with Crippen molar-refractivity contribution >= 4 is 38.0 Å². The monoisotopic (exact) mass is 574 g/mol. The summed E-state index contributed by atoms with van der Waals surface area (Å²) in [6.07, 6.45) is 0.773. The highest BCUT2D eigenvalue weighted by Gasteiger charge is 2.36. The highest BCUT2D eigenvalue weighted by Crippen LogP contribution is 2.39. The fourth-order valence-electron chi connectivity index (χ4n) is 5.57. The van der Waals surface area contributed by atoms with Gasteiger partial charge in [0.05, 0.1) is 17.5 Å². The Labute approximate surface area is 242 Å². The first-order valence-corrected chi connectivity index (χ1v) is 16.2. The maximum atomic E-state index is 14.1. The van der Waals surface area contributed by atoms with Crippen molar-refractivity contribution in [3.05, 3.63) is 99.7 Å². The second kappa shape index (κ2) is 11.1. The second-order valence-electron chi connectivity index (χ2n) is 12.1. The Balaban J connectivity index is 1.50. The first-order chi connectivity index (χ1) is 19.0. The van der Waals surface area contributed by atoms with Crippen molar-refractivity contribution in [1.29, 1.82) is 0 Å². The van der Waals surface area contributed by atoms with Crippen molar-refractivity contribution in [2.45, 2.75) is 57.4 Å². The molecule has 2 heterocycles. The van der Waals surface area contributed by atoms with Gasteiger partial charge < -0.3 is 4.90 Å². The van der Waals surface area contributed by atoms with E-state index in [4.69, 9.17) is 0 Å². The van der Waals surface area contributed by atoms with E-state index in [2.05, 4.69) is 56.5 Å². The zero-order valence-corrected chi connectivity index (χ0v) is 25.6. The van der Waals surface area contributed by atoms with Crippen molar-refractivity contribution in [3.8, 4) is 0 Å². The van der Waals surface area contributed by atoms with Gasteiger partial charge in [-0.3, -0.25) is 4.79 Å². The van der Waals surface area contributed by atoms with Gasteiger partial charge in [0.2, 0.25) is 15.9 Å². The van der Waals surface area contributed by atoms with E-state index in [1.807, 2.05) is 49.1 Å². The molecule has 40 heavy (non-hydrogen) atoms. The van der Waals surface area contributed by atoms with Crippen LogP contribution in [0.3, 0.4) is 0 Å². The van der Waals surface area contributed by atoms with Crippen molar-refractivity contribution in [3.63, 3.8) is 0 Å². The summed E-state index contributed by atoms with van der Waals surface area (Å²) >= 11 is 1.73. The summed E-state index contributed by atoms with van der Waals surface area (Å²) in [4.78, 5) is 17.5. The van der Waals surface area contributed by atoms with E-state index >= 15 is 0 Å². The molecular weight excluding hydrogens is 537 g/mol. The van der Waals surface area contributed by atoms with Gasteiger partial charge in [-0.25, -0.2) is 8.42 Å². The average Bonchev–Trinajstić information content (AvgIpc) is 3.40. The number of nitrogens with zero attached hydrogens (tertiary/aromatic N) is 2. The summed E-state index contributed by atoms with van der Waals surface area (Å²) in [5.41, 5.74) is 3.45. The van der Waals surface area contributed by atoms with Crippen LogP contribution in [0.5, 0.6) is 0 Å². The van der Waals surface area contributed by atoms with Gasteiger partial charge >= 0.3 is 0 Å². The molecule has 1 amide bonds. The van der Waals surface area contributed by atoms with Crippen LogP contribution in [-0.4, -0.2) is 43.2 Å². The lowest BCUT2D eigenvalue weighted by Crippen LogP contribution is -2.47. The van der Waals surface area contributed by atoms with Crippen molar-refractivity contribution in [2.75, 3.05) is 19.6 Å². The third kappa shape index (κ3) is 5.60. The number of rotatable bonds is 7. The zero-order chi connectivity index (χ0) is 28.7. The first-order valence-electron chi connectivity index (χ1n) is 13.9. The lowest BCUT2D eigenvalue weighted by atomic mass is 9.85. The second-order valence-corrected chi connectivity index (χ2v) is 15.0. The summed E-state index contributed by atoms with van der Waals surface area (Å²) in [5, 5.41) is 3.62. The minimum Gasteiger partial charge on any atom is -0.330 e. The molecule has 0 aliphatic carbocycles. The van der Waals surface area contributed by atoms with Gasteiger partial charge in [-0.1, -0.05) is 95.3 Å². The van der Waals surface area contributed by atoms with Gasteiger partial charge in [0.25, 0.3) is 0 Å². The Morgan fingerprint density at radius 2 is 1.70 bits per heavy atom. The van der Waals surface area contributed by atoms with Gasteiger partial charge in [-0.15, -0.1) is 11.3 Å². The molecule has 0 saturated carbocycles. The minimum atomic E-state index is -3.92. The van der Waals surface area contributed by atoms with Gasteiger partial charge in [0.15, 0.2) is 0 Å². The number of thiophene rings is 1. The van der Waals surface area contributed by atoms with E-state index in [0.29, 0.717) is 11.9 Å². The van der Waals surface area contributed by atoms with E-state index in [1.165, 1.54) is 14.7 Å². The third-order valence-electron chi connectivity index (χ3n) is 7.63. The van der Waals surface area contributed by atoms with Gasteiger partial charge in [0.1, 0.15) is 0 Å². The Morgan fingerprint density at radius 1 is 1.00 bits per heavy atom. The predicted octanol–water partition coefficient (Wildman–Crippen LogP) is 7.02. The Kier molecular flexibility index (Phi) is 7.92. The van der Waals surface area contributed by atoms with Crippen molar-refractivity contribution in [2.24, 2.45) is 5.92 Å². The van der Waals surface area contributed by atoms with Gasteiger partial charge in [-0.2, -0.15) is 4.31 Å². The van der Waals surface area contributed by atoms with Gasteiger partial charge in [0, 0.05) is 23.4 Å². The number of carbonyl (C=O) groups excluding carboxylic acids is 1. The molecule has 4 aromatic rings. The number of amides is 1. The maximum absolute atomic E-state index is 14.1. The minimum absolute atomic E-state index is 0.0292. The maximum Gasteiger partial charge on any atom is 0.244 e. The topological polar surface area (TPSA) is 57.7 Å². The van der Waals surface area contributed by atoms with Crippen molar-refractivity contribution < 1.29 is 13.2 Å². The number of hydrogen-bond donors (Lipinski definition) is 0. The van der Waals surface area contributed by atoms with E-state index in [0.717, 1.165) is 22.9 Å². The molecule has 0 saturated heterocycles. The smallest absolute Gasteiger partial charge is 0.244 e. The van der Waals surface area contributed by atoms with E-state index in [1.54, 1.807) is 23.5 Å². The highest BCUT2D eigenvalue weighted by atomic mass is 32.2. The Hall–Kier alpha value is -3.00. The molecular formula is C33H38N2O3S2. The normalized spacial score (nSPS) is 16.1. The fraction of sp³-hybridized carbons (Fsp3) is 0.364. The molecule has 0 N–H and O–H groups in total. The molecule has 0 unspecified atom stereocenters. The van der Waals surface area contributed by atoms with Gasteiger partial charge in [-0.05, 0) is 57.3 Å². The third-order valence-corrected chi connectivity index (χ3v) is 10.5. The summed E-state index contributed by atoms with van der Waals surface area (Å²) in [5.74, 6) is -0.116. The molecule has 1 aromatic heterocycles. The van der Waals surface area contributed by atoms with Crippen LogP contribution in [0, 0.1) is 5.92 Å². The number of sulfonamides is 1. The van der Waals surface area contributed by atoms with Crippen LogP contribution < -0.4 is 0 Å². The lowest BCUT2D eigenvalue weighted by molar-refractivity contribution is -0.133. The molecule has 1 aliphatic heterocycles. The average molecular weight is 575 g/mol. The highest BCUT2D eigenvalue weighted by molar-refractivity contribution is 7.89.